The number of rotatable bonds is 7. The third-order valence-electron chi connectivity index (χ3n) is 5.72. The Bertz CT molecular complexity index is 1200. The highest BCUT2D eigenvalue weighted by molar-refractivity contribution is 7.89. The number of carbonyl (C=O) groups excluding carboxylic acids is 1. The summed E-state index contributed by atoms with van der Waals surface area (Å²) in [6, 6.07) is 12.2. The van der Waals surface area contributed by atoms with E-state index in [9.17, 15) is 13.2 Å². The van der Waals surface area contributed by atoms with E-state index in [0.717, 1.165) is 11.3 Å². The van der Waals surface area contributed by atoms with Gasteiger partial charge in [0.2, 0.25) is 10.0 Å². The SMILES string of the molecule is CCc1ccc(C(=O)NC(C)c2ccc(-n3cncn3)cc2)cc1S(=O)(=O)N1CCOCC1. The van der Waals surface area contributed by atoms with E-state index in [1.54, 1.807) is 23.1 Å². The number of carbonyl (C=O) groups is 1. The third kappa shape index (κ3) is 4.97. The van der Waals surface area contributed by atoms with Crippen molar-refractivity contribution >= 4 is 15.9 Å². The topological polar surface area (TPSA) is 106 Å². The largest absolute Gasteiger partial charge is 0.379 e. The first-order chi connectivity index (χ1) is 15.9. The highest BCUT2D eigenvalue weighted by atomic mass is 32.2. The van der Waals surface area contributed by atoms with Crippen molar-refractivity contribution in [1.82, 2.24) is 24.4 Å². The summed E-state index contributed by atoms with van der Waals surface area (Å²) < 4.78 is 34.8. The molecule has 10 heteroatoms. The normalized spacial score (nSPS) is 15.8. The molecule has 0 bridgehead atoms. The Morgan fingerprint density at radius 2 is 1.88 bits per heavy atom. The second-order valence-electron chi connectivity index (χ2n) is 7.82. The van der Waals surface area contributed by atoms with Gasteiger partial charge in [0.15, 0.2) is 0 Å². The standard InChI is InChI=1S/C23H27N5O4S/c1-3-18-4-5-20(14-22(18)33(30,31)27-10-12-32-13-11-27)23(29)26-17(2)19-6-8-21(9-7-19)28-16-24-15-25-28/h4-9,14-17H,3,10-13H2,1-2H3,(H,26,29). The van der Waals surface area contributed by atoms with Crippen molar-refractivity contribution in [1.29, 1.82) is 0 Å². The lowest BCUT2D eigenvalue weighted by Crippen LogP contribution is -2.41. The van der Waals surface area contributed by atoms with E-state index in [0.29, 0.717) is 43.9 Å². The van der Waals surface area contributed by atoms with Crippen LogP contribution >= 0.6 is 0 Å². The number of hydrogen-bond donors (Lipinski definition) is 1. The maximum atomic E-state index is 13.2. The van der Waals surface area contributed by atoms with Crippen molar-refractivity contribution in [3.8, 4) is 5.69 Å². The number of morpholine rings is 1. The zero-order valence-electron chi connectivity index (χ0n) is 18.6. The summed E-state index contributed by atoms with van der Waals surface area (Å²) >= 11 is 0. The highest BCUT2D eigenvalue weighted by Crippen LogP contribution is 2.24. The van der Waals surface area contributed by atoms with Gasteiger partial charge in [-0.15, -0.1) is 0 Å². The third-order valence-corrected chi connectivity index (χ3v) is 7.70. The number of aromatic nitrogens is 3. The average molecular weight is 470 g/mol. The van der Waals surface area contributed by atoms with Crippen LogP contribution in [0.2, 0.25) is 0 Å². The molecule has 2 aromatic carbocycles. The minimum absolute atomic E-state index is 0.185. The van der Waals surface area contributed by atoms with Crippen LogP contribution in [0.25, 0.3) is 5.69 Å². The van der Waals surface area contributed by atoms with Crippen LogP contribution in [0.1, 0.15) is 41.4 Å². The van der Waals surface area contributed by atoms with Crippen LogP contribution in [0.5, 0.6) is 0 Å². The van der Waals surface area contributed by atoms with Crippen molar-refractivity contribution < 1.29 is 17.9 Å². The average Bonchev–Trinajstić information content (AvgIpc) is 3.39. The molecule has 1 amide bonds. The first kappa shape index (κ1) is 23.1. The van der Waals surface area contributed by atoms with Gasteiger partial charge in [0.25, 0.3) is 5.91 Å². The first-order valence-electron chi connectivity index (χ1n) is 10.9. The molecule has 1 atom stereocenters. The summed E-state index contributed by atoms with van der Waals surface area (Å²) in [5, 5.41) is 7.06. The number of nitrogens with zero attached hydrogens (tertiary/aromatic N) is 4. The van der Waals surface area contributed by atoms with Gasteiger partial charge in [-0.1, -0.05) is 25.1 Å². The molecule has 1 aromatic heterocycles. The summed E-state index contributed by atoms with van der Waals surface area (Å²) in [5.74, 6) is -0.330. The van der Waals surface area contributed by atoms with Gasteiger partial charge in [-0.25, -0.2) is 18.1 Å². The van der Waals surface area contributed by atoms with Gasteiger partial charge in [-0.05, 0) is 48.7 Å². The molecule has 0 radical (unpaired) electrons. The van der Waals surface area contributed by atoms with E-state index in [1.807, 2.05) is 38.1 Å². The predicted molar refractivity (Wildman–Crippen MR) is 123 cm³/mol. The molecule has 2 heterocycles. The van der Waals surface area contributed by atoms with E-state index in [4.69, 9.17) is 4.74 Å². The van der Waals surface area contributed by atoms with Crippen LogP contribution in [0.4, 0.5) is 0 Å². The van der Waals surface area contributed by atoms with E-state index >= 15 is 0 Å². The lowest BCUT2D eigenvalue weighted by molar-refractivity contribution is 0.0730. The molecule has 1 unspecified atom stereocenters. The Labute approximate surface area is 193 Å². The van der Waals surface area contributed by atoms with Crippen LogP contribution in [0.3, 0.4) is 0 Å². The number of amides is 1. The molecule has 4 rings (SSSR count). The lowest BCUT2D eigenvalue weighted by atomic mass is 10.1. The van der Waals surface area contributed by atoms with E-state index in [1.165, 1.54) is 16.7 Å². The smallest absolute Gasteiger partial charge is 0.251 e. The summed E-state index contributed by atoms with van der Waals surface area (Å²) in [6.07, 6.45) is 3.63. The van der Waals surface area contributed by atoms with Crippen molar-refractivity contribution in [3.05, 3.63) is 71.8 Å². The minimum Gasteiger partial charge on any atom is -0.379 e. The fraction of sp³-hybridized carbons (Fsp3) is 0.348. The predicted octanol–water partition coefficient (Wildman–Crippen LogP) is 2.34. The molecule has 9 nitrogen and oxygen atoms in total. The first-order valence-corrected chi connectivity index (χ1v) is 12.3. The summed E-state index contributed by atoms with van der Waals surface area (Å²) in [6.45, 7) is 5.14. The van der Waals surface area contributed by atoms with Gasteiger partial charge in [0, 0.05) is 18.7 Å². The molecular weight excluding hydrogens is 442 g/mol. The second-order valence-corrected chi connectivity index (χ2v) is 9.73. The zero-order valence-corrected chi connectivity index (χ0v) is 19.5. The van der Waals surface area contributed by atoms with Crippen molar-refractivity contribution in [2.24, 2.45) is 0 Å². The lowest BCUT2D eigenvalue weighted by Gasteiger charge is -2.27. The Morgan fingerprint density at radius 3 is 2.52 bits per heavy atom. The van der Waals surface area contributed by atoms with E-state index in [-0.39, 0.29) is 16.8 Å². The molecule has 1 fully saturated rings. The Kier molecular flexibility index (Phi) is 6.87. The van der Waals surface area contributed by atoms with Crippen LogP contribution in [0.15, 0.2) is 60.0 Å². The molecule has 1 aliphatic heterocycles. The summed E-state index contributed by atoms with van der Waals surface area (Å²) in [5.41, 5.74) is 2.78. The van der Waals surface area contributed by atoms with Crippen LogP contribution < -0.4 is 5.32 Å². The van der Waals surface area contributed by atoms with Gasteiger partial charge in [0.1, 0.15) is 12.7 Å². The van der Waals surface area contributed by atoms with Crippen LogP contribution in [-0.4, -0.2) is 59.7 Å². The maximum absolute atomic E-state index is 13.2. The van der Waals surface area contributed by atoms with E-state index in [2.05, 4.69) is 15.4 Å². The molecule has 0 spiro atoms. The molecule has 0 saturated carbocycles. The number of benzene rings is 2. The van der Waals surface area contributed by atoms with Gasteiger partial charge in [-0.2, -0.15) is 9.40 Å². The van der Waals surface area contributed by atoms with Crippen LogP contribution in [0, 0.1) is 0 Å². The Morgan fingerprint density at radius 1 is 1.15 bits per heavy atom. The van der Waals surface area contributed by atoms with Crippen molar-refractivity contribution in [2.75, 3.05) is 26.3 Å². The Balaban J connectivity index is 1.52. The van der Waals surface area contributed by atoms with Crippen molar-refractivity contribution in [2.45, 2.75) is 31.2 Å². The molecule has 0 aliphatic carbocycles. The minimum atomic E-state index is -3.71. The van der Waals surface area contributed by atoms with Crippen LogP contribution in [-0.2, 0) is 21.2 Å². The van der Waals surface area contributed by atoms with Gasteiger partial charge < -0.3 is 10.1 Å². The monoisotopic (exact) mass is 469 g/mol. The van der Waals surface area contributed by atoms with Gasteiger partial charge >= 0.3 is 0 Å². The fourth-order valence-corrected chi connectivity index (χ4v) is 5.50. The molecule has 33 heavy (non-hydrogen) atoms. The highest BCUT2D eigenvalue weighted by Gasteiger charge is 2.29. The zero-order chi connectivity index (χ0) is 23.4. The van der Waals surface area contributed by atoms with Crippen molar-refractivity contribution in [3.63, 3.8) is 0 Å². The second kappa shape index (κ2) is 9.82. The summed E-state index contributed by atoms with van der Waals surface area (Å²) in [4.78, 5) is 17.1. The molecule has 174 valence electrons. The van der Waals surface area contributed by atoms with E-state index < -0.39 is 10.0 Å². The molecule has 3 aromatic rings. The summed E-state index contributed by atoms with van der Waals surface area (Å²) in [7, 11) is -3.71. The molecule has 1 saturated heterocycles. The van der Waals surface area contributed by atoms with Gasteiger partial charge in [-0.3, -0.25) is 4.79 Å². The number of hydrogen-bond acceptors (Lipinski definition) is 6. The number of sulfonamides is 1. The maximum Gasteiger partial charge on any atom is 0.251 e. The fourth-order valence-electron chi connectivity index (χ4n) is 3.77. The quantitative estimate of drug-likeness (QED) is 0.569. The number of aryl methyl sites for hydroxylation is 1. The van der Waals surface area contributed by atoms with Gasteiger partial charge in [0.05, 0.1) is 29.8 Å². The Hall–Kier alpha value is -3.08. The number of ether oxygens (including phenoxy) is 1. The molecular formula is C23H27N5O4S. The number of nitrogens with one attached hydrogen (secondary N) is 1. The molecule has 1 N–H and O–H groups in total. The molecule has 1 aliphatic rings.